The summed E-state index contributed by atoms with van der Waals surface area (Å²) < 4.78 is 0. The zero-order valence-corrected chi connectivity index (χ0v) is 13.6. The van der Waals surface area contributed by atoms with Gasteiger partial charge >= 0.3 is 0 Å². The number of amides is 1. The van der Waals surface area contributed by atoms with Crippen LogP contribution in [0, 0.1) is 0 Å². The summed E-state index contributed by atoms with van der Waals surface area (Å²) >= 11 is 0. The van der Waals surface area contributed by atoms with Gasteiger partial charge in [0.05, 0.1) is 6.54 Å². The molecule has 0 aromatic carbocycles. The number of nitrogens with zero attached hydrogens (tertiary/aromatic N) is 3. The lowest BCUT2D eigenvalue weighted by atomic mass is 10.2. The number of carbonyl (C=O) groups is 1. The molecule has 0 aliphatic carbocycles. The molecule has 0 radical (unpaired) electrons. The molecular formula is C14H29ClN4O. The Hall–Kier alpha value is -0.360. The predicted molar refractivity (Wildman–Crippen MR) is 84.5 cm³/mol. The minimum atomic E-state index is 0. The van der Waals surface area contributed by atoms with E-state index in [1.807, 2.05) is 18.7 Å². The third kappa shape index (κ3) is 4.58. The van der Waals surface area contributed by atoms with Crippen LogP contribution in [0.15, 0.2) is 0 Å². The van der Waals surface area contributed by atoms with E-state index in [0.717, 1.165) is 58.4 Å². The maximum Gasteiger partial charge on any atom is 0.236 e. The Morgan fingerprint density at radius 3 is 2.35 bits per heavy atom. The van der Waals surface area contributed by atoms with Crippen molar-refractivity contribution in [1.82, 2.24) is 20.0 Å². The van der Waals surface area contributed by atoms with Crippen LogP contribution >= 0.6 is 12.4 Å². The Kier molecular flexibility index (Phi) is 7.80. The molecule has 2 rings (SSSR count). The van der Waals surface area contributed by atoms with E-state index in [1.54, 1.807) is 0 Å². The summed E-state index contributed by atoms with van der Waals surface area (Å²) in [5.41, 5.74) is 0. The van der Waals surface area contributed by atoms with E-state index in [2.05, 4.69) is 15.1 Å². The summed E-state index contributed by atoms with van der Waals surface area (Å²) in [6.45, 7) is 12.9. The van der Waals surface area contributed by atoms with Gasteiger partial charge in [0.1, 0.15) is 0 Å². The number of piperazine rings is 1. The third-order valence-corrected chi connectivity index (χ3v) is 4.43. The summed E-state index contributed by atoms with van der Waals surface area (Å²) in [4.78, 5) is 18.9. The highest BCUT2D eigenvalue weighted by molar-refractivity contribution is 5.85. The predicted octanol–water partition coefficient (Wildman–Crippen LogP) is 0.256. The maximum atomic E-state index is 12.1. The molecule has 0 saturated carbocycles. The average Bonchev–Trinajstić information content (AvgIpc) is 2.95. The minimum absolute atomic E-state index is 0. The molecule has 1 amide bonds. The lowest BCUT2D eigenvalue weighted by Gasteiger charge is -2.38. The highest BCUT2D eigenvalue weighted by Gasteiger charge is 2.27. The summed E-state index contributed by atoms with van der Waals surface area (Å²) in [7, 11) is 0. The fourth-order valence-corrected chi connectivity index (χ4v) is 3.11. The molecule has 1 atom stereocenters. The quantitative estimate of drug-likeness (QED) is 0.791. The Balaban J connectivity index is 0.00000200. The zero-order chi connectivity index (χ0) is 13.7. The van der Waals surface area contributed by atoms with Crippen LogP contribution in [-0.2, 0) is 4.79 Å². The Morgan fingerprint density at radius 1 is 1.20 bits per heavy atom. The number of likely N-dealkylation sites (N-methyl/N-ethyl adjacent to an activating group) is 1. The second-order valence-corrected chi connectivity index (χ2v) is 5.52. The first-order valence-electron chi connectivity index (χ1n) is 7.69. The van der Waals surface area contributed by atoms with Crippen molar-refractivity contribution in [2.75, 3.05) is 58.9 Å². The second-order valence-electron chi connectivity index (χ2n) is 5.52. The third-order valence-electron chi connectivity index (χ3n) is 4.43. The van der Waals surface area contributed by atoms with Gasteiger partial charge in [-0.15, -0.1) is 12.4 Å². The first-order valence-corrected chi connectivity index (χ1v) is 7.69. The fourth-order valence-electron chi connectivity index (χ4n) is 3.11. The van der Waals surface area contributed by atoms with Gasteiger partial charge < -0.3 is 10.2 Å². The average molecular weight is 305 g/mol. The van der Waals surface area contributed by atoms with Gasteiger partial charge in [0.25, 0.3) is 0 Å². The first-order chi connectivity index (χ1) is 9.24. The smallest absolute Gasteiger partial charge is 0.236 e. The summed E-state index contributed by atoms with van der Waals surface area (Å²) in [6.07, 6.45) is 1.28. The molecular weight excluding hydrogens is 276 g/mol. The number of rotatable bonds is 5. The molecule has 5 nitrogen and oxygen atoms in total. The SMILES string of the molecule is CCN(CC)C(=O)CN1CCN(C2CCNC2)CC1.Cl. The highest BCUT2D eigenvalue weighted by atomic mass is 35.5. The van der Waals surface area contributed by atoms with Crippen molar-refractivity contribution >= 4 is 18.3 Å². The Morgan fingerprint density at radius 2 is 1.85 bits per heavy atom. The van der Waals surface area contributed by atoms with Gasteiger partial charge in [0.15, 0.2) is 0 Å². The van der Waals surface area contributed by atoms with Crippen LogP contribution < -0.4 is 5.32 Å². The monoisotopic (exact) mass is 304 g/mol. The van der Waals surface area contributed by atoms with Gasteiger partial charge in [0.2, 0.25) is 5.91 Å². The van der Waals surface area contributed by atoms with E-state index >= 15 is 0 Å². The molecule has 0 aromatic rings. The van der Waals surface area contributed by atoms with Crippen LogP contribution in [0.25, 0.3) is 0 Å². The van der Waals surface area contributed by atoms with Gasteiger partial charge in [-0.3, -0.25) is 14.6 Å². The van der Waals surface area contributed by atoms with E-state index in [4.69, 9.17) is 0 Å². The maximum absolute atomic E-state index is 12.1. The van der Waals surface area contributed by atoms with Gasteiger partial charge in [-0.25, -0.2) is 0 Å². The number of carbonyl (C=O) groups excluding carboxylic acids is 1. The number of nitrogens with one attached hydrogen (secondary N) is 1. The molecule has 2 aliphatic heterocycles. The topological polar surface area (TPSA) is 38.8 Å². The number of halogens is 1. The van der Waals surface area contributed by atoms with Gasteiger partial charge in [0, 0.05) is 51.9 Å². The first kappa shape index (κ1) is 17.7. The van der Waals surface area contributed by atoms with Crippen molar-refractivity contribution < 1.29 is 4.79 Å². The lowest BCUT2D eigenvalue weighted by Crippen LogP contribution is -2.53. The van der Waals surface area contributed by atoms with Gasteiger partial charge in [-0.1, -0.05) is 0 Å². The van der Waals surface area contributed by atoms with E-state index < -0.39 is 0 Å². The molecule has 2 saturated heterocycles. The summed E-state index contributed by atoms with van der Waals surface area (Å²) in [5, 5.41) is 3.43. The van der Waals surface area contributed by atoms with E-state index in [1.165, 1.54) is 6.42 Å². The second kappa shape index (κ2) is 8.82. The molecule has 0 spiro atoms. The number of hydrogen-bond donors (Lipinski definition) is 1. The standard InChI is InChI=1S/C14H28N4O.ClH/c1-3-17(4-2)14(19)12-16-7-9-18(10-8-16)13-5-6-15-11-13;/h13,15H,3-12H2,1-2H3;1H. The molecule has 6 heteroatoms. The van der Waals surface area contributed by atoms with Crippen LogP contribution in [0.4, 0.5) is 0 Å². The van der Waals surface area contributed by atoms with Crippen molar-refractivity contribution in [3.8, 4) is 0 Å². The normalized spacial score (nSPS) is 24.4. The van der Waals surface area contributed by atoms with Crippen molar-refractivity contribution in [3.63, 3.8) is 0 Å². The van der Waals surface area contributed by atoms with Crippen molar-refractivity contribution in [2.45, 2.75) is 26.3 Å². The molecule has 2 fully saturated rings. The number of hydrogen-bond acceptors (Lipinski definition) is 4. The lowest BCUT2D eigenvalue weighted by molar-refractivity contribution is -0.132. The molecule has 1 unspecified atom stereocenters. The fraction of sp³-hybridized carbons (Fsp3) is 0.929. The van der Waals surface area contributed by atoms with Crippen LogP contribution in [0.5, 0.6) is 0 Å². The van der Waals surface area contributed by atoms with Crippen LogP contribution in [0.1, 0.15) is 20.3 Å². The summed E-state index contributed by atoms with van der Waals surface area (Å²) in [6, 6.07) is 0.723. The van der Waals surface area contributed by atoms with E-state index in [9.17, 15) is 4.79 Å². The van der Waals surface area contributed by atoms with Crippen molar-refractivity contribution in [3.05, 3.63) is 0 Å². The Bertz CT molecular complexity index is 285. The zero-order valence-electron chi connectivity index (χ0n) is 12.8. The Labute approximate surface area is 129 Å². The van der Waals surface area contributed by atoms with Crippen LogP contribution in [0.2, 0.25) is 0 Å². The molecule has 2 aliphatic rings. The van der Waals surface area contributed by atoms with Gasteiger partial charge in [-0.05, 0) is 26.8 Å². The van der Waals surface area contributed by atoms with Crippen molar-refractivity contribution in [2.24, 2.45) is 0 Å². The van der Waals surface area contributed by atoms with Crippen molar-refractivity contribution in [1.29, 1.82) is 0 Å². The minimum Gasteiger partial charge on any atom is -0.342 e. The molecule has 0 aromatic heterocycles. The molecule has 2 heterocycles. The molecule has 20 heavy (non-hydrogen) atoms. The van der Waals surface area contributed by atoms with Crippen LogP contribution in [0.3, 0.4) is 0 Å². The van der Waals surface area contributed by atoms with Gasteiger partial charge in [-0.2, -0.15) is 0 Å². The van der Waals surface area contributed by atoms with E-state index in [0.29, 0.717) is 6.54 Å². The largest absolute Gasteiger partial charge is 0.342 e. The molecule has 0 bridgehead atoms. The molecule has 1 N–H and O–H groups in total. The molecule has 118 valence electrons. The highest BCUT2D eigenvalue weighted by Crippen LogP contribution is 2.12. The van der Waals surface area contributed by atoms with E-state index in [-0.39, 0.29) is 18.3 Å². The van der Waals surface area contributed by atoms with Crippen LogP contribution in [-0.4, -0.2) is 85.6 Å². The summed E-state index contributed by atoms with van der Waals surface area (Å²) in [5.74, 6) is 0.279.